The first-order chi connectivity index (χ1) is 10.5. The van der Waals surface area contributed by atoms with Crippen LogP contribution in [-0.4, -0.2) is 33.2 Å². The van der Waals surface area contributed by atoms with Crippen LogP contribution in [0.25, 0.3) is 0 Å². The third-order valence-corrected chi connectivity index (χ3v) is 3.95. The highest BCUT2D eigenvalue weighted by Crippen LogP contribution is 2.33. The fourth-order valence-corrected chi connectivity index (χ4v) is 2.44. The molecule has 0 spiro atoms. The molecule has 22 heavy (non-hydrogen) atoms. The van der Waals surface area contributed by atoms with Crippen molar-refractivity contribution in [1.82, 2.24) is 0 Å². The molecule has 3 heteroatoms. The topological polar surface area (TPSA) is 30.7 Å². The summed E-state index contributed by atoms with van der Waals surface area (Å²) in [5.74, 6) is -0.203. The van der Waals surface area contributed by atoms with E-state index in [1.54, 1.807) is 0 Å². The van der Waals surface area contributed by atoms with Crippen LogP contribution in [-0.2, 0) is 14.9 Å². The number of hydrogen-bond donors (Lipinski definition) is 1. The Hall–Kier alpha value is -2.13. The summed E-state index contributed by atoms with van der Waals surface area (Å²) in [6.45, 7) is 3.16. The Morgan fingerprint density at radius 3 is 1.82 bits per heavy atom. The van der Waals surface area contributed by atoms with E-state index in [9.17, 15) is 4.79 Å². The van der Waals surface area contributed by atoms with Gasteiger partial charge in [-0.15, -0.1) is 0 Å². The van der Waals surface area contributed by atoms with Crippen LogP contribution in [0.4, 0.5) is 0 Å². The van der Waals surface area contributed by atoms with Crippen LogP contribution in [0.15, 0.2) is 60.7 Å². The van der Waals surface area contributed by atoms with Gasteiger partial charge in [0, 0.05) is 0 Å². The first kappa shape index (κ1) is 16.2. The molecular formula is C19H24NO2+. The second kappa shape index (κ2) is 7.23. The van der Waals surface area contributed by atoms with Crippen LogP contribution in [0.2, 0.25) is 0 Å². The average Bonchev–Trinajstić information content (AvgIpc) is 2.55. The van der Waals surface area contributed by atoms with E-state index in [1.807, 2.05) is 81.7 Å². The van der Waals surface area contributed by atoms with Crippen molar-refractivity contribution in [3.05, 3.63) is 71.8 Å². The van der Waals surface area contributed by atoms with Gasteiger partial charge >= 0.3 is 5.97 Å². The number of carbonyl (C=O) groups is 1. The molecule has 1 N–H and O–H groups in total. The molecule has 0 saturated heterocycles. The third kappa shape index (κ3) is 3.55. The molecule has 0 aromatic heterocycles. The molecule has 2 rings (SSSR count). The lowest BCUT2D eigenvalue weighted by molar-refractivity contribution is -0.858. The van der Waals surface area contributed by atoms with Crippen LogP contribution < -0.4 is 4.90 Å². The average molecular weight is 298 g/mol. The quantitative estimate of drug-likeness (QED) is 0.823. The molecule has 0 bridgehead atoms. The molecule has 2 aromatic rings. The van der Waals surface area contributed by atoms with E-state index in [2.05, 4.69) is 0 Å². The zero-order chi connectivity index (χ0) is 16.0. The Labute approximate surface area is 132 Å². The molecular weight excluding hydrogens is 274 g/mol. The molecule has 0 saturated carbocycles. The van der Waals surface area contributed by atoms with Crippen LogP contribution >= 0.6 is 0 Å². The standard InChI is InChI=1S/C19H23NO2/c1-19(16-10-6-4-7-11-16,17-12-8-5-9-13-17)18(21)22-15-14-20(2)3/h4-13H,14-15H2,1-3H3/p+1. The molecule has 0 unspecified atom stereocenters. The predicted octanol–water partition coefficient (Wildman–Crippen LogP) is 1.68. The minimum Gasteiger partial charge on any atom is -0.459 e. The summed E-state index contributed by atoms with van der Waals surface area (Å²) in [4.78, 5) is 14.1. The normalized spacial score (nSPS) is 11.5. The van der Waals surface area contributed by atoms with Crippen molar-refractivity contribution in [3.63, 3.8) is 0 Å². The summed E-state index contributed by atoms with van der Waals surface area (Å²) in [6.07, 6.45) is 0. The molecule has 0 atom stereocenters. The highest BCUT2D eigenvalue weighted by atomic mass is 16.5. The highest BCUT2D eigenvalue weighted by molar-refractivity contribution is 5.87. The van der Waals surface area contributed by atoms with Crippen molar-refractivity contribution < 1.29 is 14.4 Å². The van der Waals surface area contributed by atoms with Gasteiger partial charge in [0.25, 0.3) is 0 Å². The molecule has 0 aliphatic rings. The first-order valence-electron chi connectivity index (χ1n) is 7.62. The lowest BCUT2D eigenvalue weighted by atomic mass is 9.76. The Morgan fingerprint density at radius 2 is 1.41 bits per heavy atom. The Kier molecular flexibility index (Phi) is 5.34. The molecule has 116 valence electrons. The SMILES string of the molecule is C[NH+](C)CCOC(=O)C(C)(c1ccccc1)c1ccccc1. The van der Waals surface area contributed by atoms with E-state index in [0.29, 0.717) is 6.61 Å². The lowest BCUT2D eigenvalue weighted by Crippen LogP contribution is -3.06. The Balaban J connectivity index is 2.32. The van der Waals surface area contributed by atoms with Gasteiger partial charge in [-0.2, -0.15) is 0 Å². The van der Waals surface area contributed by atoms with Crippen molar-refractivity contribution in [2.24, 2.45) is 0 Å². The molecule has 0 radical (unpaired) electrons. The lowest BCUT2D eigenvalue weighted by Gasteiger charge is -2.28. The van der Waals surface area contributed by atoms with E-state index >= 15 is 0 Å². The second-order valence-electron chi connectivity index (χ2n) is 5.95. The molecule has 0 heterocycles. The van der Waals surface area contributed by atoms with Crippen molar-refractivity contribution in [1.29, 1.82) is 0 Å². The summed E-state index contributed by atoms with van der Waals surface area (Å²) in [5, 5.41) is 0. The molecule has 0 aliphatic heterocycles. The minimum atomic E-state index is -0.788. The highest BCUT2D eigenvalue weighted by Gasteiger charge is 2.38. The van der Waals surface area contributed by atoms with E-state index < -0.39 is 5.41 Å². The second-order valence-corrected chi connectivity index (χ2v) is 5.95. The van der Waals surface area contributed by atoms with Gasteiger partial charge in [-0.25, -0.2) is 0 Å². The van der Waals surface area contributed by atoms with Crippen molar-refractivity contribution in [2.75, 3.05) is 27.2 Å². The van der Waals surface area contributed by atoms with Crippen molar-refractivity contribution >= 4 is 5.97 Å². The van der Waals surface area contributed by atoms with Gasteiger partial charge in [0.1, 0.15) is 18.6 Å². The monoisotopic (exact) mass is 298 g/mol. The van der Waals surface area contributed by atoms with Crippen molar-refractivity contribution in [3.8, 4) is 0 Å². The molecule has 0 amide bonds. The largest absolute Gasteiger partial charge is 0.459 e. The predicted molar refractivity (Wildman–Crippen MR) is 88.0 cm³/mol. The van der Waals surface area contributed by atoms with E-state index in [1.165, 1.54) is 4.90 Å². The zero-order valence-corrected chi connectivity index (χ0v) is 13.5. The van der Waals surface area contributed by atoms with Crippen LogP contribution in [0.1, 0.15) is 18.1 Å². The molecule has 0 aliphatic carbocycles. The van der Waals surface area contributed by atoms with Crippen LogP contribution in [0.3, 0.4) is 0 Å². The van der Waals surface area contributed by atoms with Crippen LogP contribution in [0.5, 0.6) is 0 Å². The number of esters is 1. The molecule has 0 fully saturated rings. The fourth-order valence-electron chi connectivity index (χ4n) is 2.44. The maximum atomic E-state index is 12.8. The van der Waals surface area contributed by atoms with Crippen molar-refractivity contribution in [2.45, 2.75) is 12.3 Å². The first-order valence-corrected chi connectivity index (χ1v) is 7.62. The smallest absolute Gasteiger partial charge is 0.321 e. The number of nitrogens with one attached hydrogen (secondary N) is 1. The van der Waals surface area contributed by atoms with Gasteiger partial charge in [-0.3, -0.25) is 4.79 Å². The van der Waals surface area contributed by atoms with Crippen LogP contribution in [0, 0.1) is 0 Å². The van der Waals surface area contributed by atoms with Gasteiger partial charge in [0.05, 0.1) is 14.1 Å². The Morgan fingerprint density at radius 1 is 0.955 bits per heavy atom. The van der Waals surface area contributed by atoms with E-state index in [0.717, 1.165) is 17.7 Å². The number of carbonyl (C=O) groups excluding carboxylic acids is 1. The summed E-state index contributed by atoms with van der Waals surface area (Å²) in [7, 11) is 4.09. The zero-order valence-electron chi connectivity index (χ0n) is 13.5. The maximum Gasteiger partial charge on any atom is 0.321 e. The molecule has 2 aromatic carbocycles. The summed E-state index contributed by atoms with van der Waals surface area (Å²) < 4.78 is 5.57. The summed E-state index contributed by atoms with van der Waals surface area (Å²) >= 11 is 0. The van der Waals surface area contributed by atoms with Gasteiger partial charge in [-0.05, 0) is 18.1 Å². The maximum absolute atomic E-state index is 12.8. The van der Waals surface area contributed by atoms with Gasteiger partial charge in [0.15, 0.2) is 0 Å². The number of quaternary nitrogens is 1. The number of ether oxygens (including phenoxy) is 1. The van der Waals surface area contributed by atoms with Gasteiger partial charge < -0.3 is 9.64 Å². The fraction of sp³-hybridized carbons (Fsp3) is 0.316. The molecule has 3 nitrogen and oxygen atoms in total. The summed E-state index contributed by atoms with van der Waals surface area (Å²) in [6, 6.07) is 19.6. The minimum absolute atomic E-state index is 0.203. The van der Waals surface area contributed by atoms with Gasteiger partial charge in [-0.1, -0.05) is 60.7 Å². The number of rotatable bonds is 6. The summed E-state index contributed by atoms with van der Waals surface area (Å²) in [5.41, 5.74) is 1.11. The number of benzene rings is 2. The third-order valence-electron chi connectivity index (χ3n) is 3.95. The van der Waals surface area contributed by atoms with E-state index in [-0.39, 0.29) is 5.97 Å². The number of likely N-dealkylation sites (N-methyl/N-ethyl adjacent to an activating group) is 1. The Bertz CT molecular complexity index is 554. The number of hydrogen-bond acceptors (Lipinski definition) is 2. The van der Waals surface area contributed by atoms with Gasteiger partial charge in [0.2, 0.25) is 0 Å². The van der Waals surface area contributed by atoms with E-state index in [4.69, 9.17) is 4.74 Å².